The van der Waals surface area contributed by atoms with Gasteiger partial charge in [0.25, 0.3) is 0 Å². The first-order chi connectivity index (χ1) is 10.2. The second-order valence-electron chi connectivity index (χ2n) is 6.20. The SMILES string of the molecule is CCc1ccc(CN(C(=O)C(C)CCCN)C2CC2)cc1. The second-order valence-corrected chi connectivity index (χ2v) is 6.20. The highest BCUT2D eigenvalue weighted by Crippen LogP contribution is 2.30. The average Bonchev–Trinajstić information content (AvgIpc) is 3.34. The molecule has 3 heteroatoms. The summed E-state index contributed by atoms with van der Waals surface area (Å²) >= 11 is 0. The third-order valence-corrected chi connectivity index (χ3v) is 4.32. The fourth-order valence-electron chi connectivity index (χ4n) is 2.68. The monoisotopic (exact) mass is 288 g/mol. The van der Waals surface area contributed by atoms with Crippen LogP contribution < -0.4 is 5.73 Å². The number of nitrogens with two attached hydrogens (primary N) is 1. The van der Waals surface area contributed by atoms with Gasteiger partial charge >= 0.3 is 0 Å². The van der Waals surface area contributed by atoms with Crippen LogP contribution in [0.2, 0.25) is 0 Å². The van der Waals surface area contributed by atoms with Gasteiger partial charge in [-0.15, -0.1) is 0 Å². The lowest BCUT2D eigenvalue weighted by Crippen LogP contribution is -2.36. The van der Waals surface area contributed by atoms with E-state index in [0.717, 1.165) is 38.6 Å². The number of carbonyl (C=O) groups is 1. The molecule has 21 heavy (non-hydrogen) atoms. The third-order valence-electron chi connectivity index (χ3n) is 4.32. The van der Waals surface area contributed by atoms with E-state index in [9.17, 15) is 4.79 Å². The summed E-state index contributed by atoms with van der Waals surface area (Å²) in [4.78, 5) is 14.7. The van der Waals surface area contributed by atoms with Gasteiger partial charge in [0.05, 0.1) is 0 Å². The molecule has 1 aromatic carbocycles. The minimum absolute atomic E-state index is 0.0871. The fourth-order valence-corrected chi connectivity index (χ4v) is 2.68. The maximum absolute atomic E-state index is 12.6. The molecule has 1 fully saturated rings. The summed E-state index contributed by atoms with van der Waals surface area (Å²) in [7, 11) is 0. The van der Waals surface area contributed by atoms with Gasteiger partial charge in [-0.25, -0.2) is 0 Å². The van der Waals surface area contributed by atoms with Gasteiger partial charge in [-0.05, 0) is 49.8 Å². The van der Waals surface area contributed by atoms with Gasteiger partial charge in [-0.3, -0.25) is 4.79 Å². The van der Waals surface area contributed by atoms with Crippen LogP contribution in [0.15, 0.2) is 24.3 Å². The minimum Gasteiger partial charge on any atom is -0.335 e. The molecule has 0 aliphatic heterocycles. The van der Waals surface area contributed by atoms with E-state index in [4.69, 9.17) is 5.73 Å². The van der Waals surface area contributed by atoms with E-state index >= 15 is 0 Å². The maximum Gasteiger partial charge on any atom is 0.225 e. The molecule has 1 aliphatic rings. The smallest absolute Gasteiger partial charge is 0.225 e. The van der Waals surface area contributed by atoms with Crippen molar-refractivity contribution in [2.45, 2.75) is 58.5 Å². The van der Waals surface area contributed by atoms with E-state index in [1.54, 1.807) is 0 Å². The van der Waals surface area contributed by atoms with Crippen molar-refractivity contribution in [2.75, 3.05) is 6.54 Å². The summed E-state index contributed by atoms with van der Waals surface area (Å²) in [5.74, 6) is 0.384. The van der Waals surface area contributed by atoms with E-state index < -0.39 is 0 Å². The predicted molar refractivity (Wildman–Crippen MR) is 86.8 cm³/mol. The molecule has 1 amide bonds. The van der Waals surface area contributed by atoms with E-state index in [1.165, 1.54) is 11.1 Å². The third kappa shape index (κ3) is 4.57. The Balaban J connectivity index is 1.99. The molecule has 1 aliphatic carbocycles. The highest BCUT2D eigenvalue weighted by Gasteiger charge is 2.34. The van der Waals surface area contributed by atoms with Crippen LogP contribution in [0.5, 0.6) is 0 Å². The lowest BCUT2D eigenvalue weighted by atomic mass is 10.0. The van der Waals surface area contributed by atoms with Gasteiger partial charge in [-0.2, -0.15) is 0 Å². The number of nitrogens with zero attached hydrogens (tertiary/aromatic N) is 1. The standard InChI is InChI=1S/C18H28N2O/c1-3-15-6-8-16(9-7-15)13-20(17-10-11-17)18(21)14(2)5-4-12-19/h6-9,14,17H,3-5,10-13,19H2,1-2H3. The van der Waals surface area contributed by atoms with Crippen molar-refractivity contribution >= 4 is 5.91 Å². The molecule has 0 radical (unpaired) electrons. The Hall–Kier alpha value is -1.35. The Morgan fingerprint density at radius 3 is 2.43 bits per heavy atom. The number of carbonyl (C=O) groups excluding carboxylic acids is 1. The molecule has 0 heterocycles. The summed E-state index contributed by atoms with van der Waals surface area (Å²) in [6.07, 6.45) is 5.19. The van der Waals surface area contributed by atoms with Crippen LogP contribution in [0.1, 0.15) is 50.7 Å². The molecule has 1 unspecified atom stereocenters. The molecule has 1 atom stereocenters. The van der Waals surface area contributed by atoms with Crippen molar-refractivity contribution in [1.29, 1.82) is 0 Å². The van der Waals surface area contributed by atoms with Gasteiger partial charge in [0, 0.05) is 18.5 Å². The van der Waals surface area contributed by atoms with Gasteiger partial charge < -0.3 is 10.6 Å². The molecule has 0 saturated heterocycles. The molecule has 2 N–H and O–H groups in total. The number of aryl methyl sites for hydroxylation is 1. The molecule has 2 rings (SSSR count). The first kappa shape index (κ1) is 16.0. The zero-order chi connectivity index (χ0) is 15.2. The minimum atomic E-state index is 0.0871. The Labute approximate surface area is 128 Å². The predicted octanol–water partition coefficient (Wildman–Crippen LogP) is 3.12. The number of rotatable bonds is 8. The van der Waals surface area contributed by atoms with Crippen molar-refractivity contribution in [1.82, 2.24) is 4.90 Å². The highest BCUT2D eigenvalue weighted by molar-refractivity contribution is 5.79. The van der Waals surface area contributed by atoms with Gasteiger partial charge in [0.2, 0.25) is 5.91 Å². The van der Waals surface area contributed by atoms with E-state index in [2.05, 4.69) is 36.1 Å². The second kappa shape index (κ2) is 7.60. The zero-order valence-electron chi connectivity index (χ0n) is 13.3. The van der Waals surface area contributed by atoms with E-state index in [-0.39, 0.29) is 5.92 Å². The molecular weight excluding hydrogens is 260 g/mol. The summed E-state index contributed by atoms with van der Waals surface area (Å²) in [5.41, 5.74) is 8.13. The Kier molecular flexibility index (Phi) is 5.80. The number of amides is 1. The first-order valence-electron chi connectivity index (χ1n) is 8.24. The van der Waals surface area contributed by atoms with Crippen molar-refractivity contribution in [3.63, 3.8) is 0 Å². The molecule has 0 aromatic heterocycles. The Morgan fingerprint density at radius 1 is 1.29 bits per heavy atom. The largest absolute Gasteiger partial charge is 0.335 e. The molecular formula is C18H28N2O. The van der Waals surface area contributed by atoms with Crippen LogP contribution >= 0.6 is 0 Å². The molecule has 116 valence electrons. The van der Waals surface area contributed by atoms with Crippen LogP contribution in [0.3, 0.4) is 0 Å². The zero-order valence-corrected chi connectivity index (χ0v) is 13.3. The van der Waals surface area contributed by atoms with Crippen LogP contribution in [-0.4, -0.2) is 23.4 Å². The average molecular weight is 288 g/mol. The van der Waals surface area contributed by atoms with Crippen LogP contribution in [0, 0.1) is 5.92 Å². The van der Waals surface area contributed by atoms with Crippen LogP contribution in [0.4, 0.5) is 0 Å². The summed E-state index contributed by atoms with van der Waals surface area (Å²) < 4.78 is 0. The molecule has 1 saturated carbocycles. The van der Waals surface area contributed by atoms with Crippen molar-refractivity contribution < 1.29 is 4.79 Å². The quantitative estimate of drug-likeness (QED) is 0.799. The normalized spacial score (nSPS) is 15.8. The van der Waals surface area contributed by atoms with Gasteiger partial charge in [-0.1, -0.05) is 38.1 Å². The van der Waals surface area contributed by atoms with Crippen LogP contribution in [0.25, 0.3) is 0 Å². The van der Waals surface area contributed by atoms with E-state index in [1.807, 2.05) is 6.92 Å². The fraction of sp³-hybridized carbons (Fsp3) is 0.611. The molecule has 0 bridgehead atoms. The molecule has 0 spiro atoms. The highest BCUT2D eigenvalue weighted by atomic mass is 16.2. The van der Waals surface area contributed by atoms with E-state index in [0.29, 0.717) is 18.5 Å². The maximum atomic E-state index is 12.6. The number of hydrogen-bond acceptors (Lipinski definition) is 2. The lowest BCUT2D eigenvalue weighted by molar-refractivity contribution is -0.136. The van der Waals surface area contributed by atoms with Crippen molar-refractivity contribution in [3.05, 3.63) is 35.4 Å². The topological polar surface area (TPSA) is 46.3 Å². The van der Waals surface area contributed by atoms with Crippen molar-refractivity contribution in [2.24, 2.45) is 11.7 Å². The van der Waals surface area contributed by atoms with Crippen LogP contribution in [-0.2, 0) is 17.8 Å². The molecule has 1 aromatic rings. The summed E-state index contributed by atoms with van der Waals surface area (Å²) in [6.45, 7) is 5.61. The summed E-state index contributed by atoms with van der Waals surface area (Å²) in [6, 6.07) is 9.12. The summed E-state index contributed by atoms with van der Waals surface area (Å²) in [5, 5.41) is 0. The van der Waals surface area contributed by atoms with Gasteiger partial charge in [0.1, 0.15) is 0 Å². The Morgan fingerprint density at radius 2 is 1.90 bits per heavy atom. The Bertz CT molecular complexity index is 451. The first-order valence-corrected chi connectivity index (χ1v) is 8.24. The van der Waals surface area contributed by atoms with Gasteiger partial charge in [0.15, 0.2) is 0 Å². The molecule has 3 nitrogen and oxygen atoms in total. The number of hydrogen-bond donors (Lipinski definition) is 1. The lowest BCUT2D eigenvalue weighted by Gasteiger charge is -2.26. The van der Waals surface area contributed by atoms with Crippen molar-refractivity contribution in [3.8, 4) is 0 Å². The number of benzene rings is 1.